The van der Waals surface area contributed by atoms with Crippen molar-refractivity contribution in [3.8, 4) is 0 Å². The molecule has 1 heterocycles. The van der Waals surface area contributed by atoms with Crippen LogP contribution in [0.4, 0.5) is 0 Å². The molecule has 2 atom stereocenters. The molecular weight excluding hydrogens is 280 g/mol. The number of amides is 1. The second-order valence-corrected chi connectivity index (χ2v) is 5.70. The lowest BCUT2D eigenvalue weighted by Gasteiger charge is -1.96. The van der Waals surface area contributed by atoms with Crippen molar-refractivity contribution in [2.75, 3.05) is 0 Å². The van der Waals surface area contributed by atoms with Crippen molar-refractivity contribution in [1.82, 2.24) is 9.99 Å². The number of carbonyl (C=O) groups excluding carboxylic acids is 1. The highest BCUT2D eigenvalue weighted by atomic mass is 32.1. The van der Waals surface area contributed by atoms with Crippen LogP contribution >= 0.6 is 11.3 Å². The van der Waals surface area contributed by atoms with E-state index in [1.807, 2.05) is 35.9 Å². The molecule has 0 radical (unpaired) electrons. The third kappa shape index (κ3) is 2.18. The SMILES string of the molecule is Cn1c(=NNC(=O)[C@@H]2C[C@H]2[N+](=O)[O-])sc2ccccc21. The molecule has 2 aromatic rings. The Balaban J connectivity index is 1.80. The van der Waals surface area contributed by atoms with Gasteiger partial charge in [-0.2, -0.15) is 0 Å². The lowest BCUT2D eigenvalue weighted by molar-refractivity contribution is -0.497. The van der Waals surface area contributed by atoms with Crippen LogP contribution < -0.4 is 10.2 Å². The van der Waals surface area contributed by atoms with Gasteiger partial charge in [0.25, 0.3) is 0 Å². The van der Waals surface area contributed by atoms with E-state index in [0.29, 0.717) is 11.2 Å². The number of hydrogen-bond acceptors (Lipinski definition) is 5. The average molecular weight is 292 g/mol. The first-order valence-corrected chi connectivity index (χ1v) is 6.91. The highest BCUT2D eigenvalue weighted by Gasteiger charge is 2.53. The third-order valence-corrected chi connectivity index (χ3v) is 4.45. The topological polar surface area (TPSA) is 89.5 Å². The van der Waals surface area contributed by atoms with Gasteiger partial charge < -0.3 is 4.57 Å². The van der Waals surface area contributed by atoms with Gasteiger partial charge in [0.2, 0.25) is 16.8 Å². The second kappa shape index (κ2) is 4.71. The zero-order valence-corrected chi connectivity index (χ0v) is 11.5. The molecule has 8 heteroatoms. The Hall–Kier alpha value is -2.22. The number of carbonyl (C=O) groups is 1. The van der Waals surface area contributed by atoms with Crippen LogP contribution in [0.3, 0.4) is 0 Å². The largest absolute Gasteiger partial charge is 0.318 e. The zero-order valence-electron chi connectivity index (χ0n) is 10.6. The molecule has 0 saturated heterocycles. The Kier molecular flexibility index (Phi) is 3.01. The van der Waals surface area contributed by atoms with Gasteiger partial charge in [-0.25, -0.2) is 5.43 Å². The standard InChI is InChI=1S/C12H12N4O3S/c1-15-8-4-2-3-5-10(8)20-12(15)14-13-11(17)7-6-9(7)16(18)19/h2-5,7,9H,6H2,1H3,(H,13,17)/t7-,9-/m1/s1. The van der Waals surface area contributed by atoms with Gasteiger partial charge in [0.15, 0.2) is 0 Å². The van der Waals surface area contributed by atoms with Crippen molar-refractivity contribution in [1.29, 1.82) is 0 Å². The Morgan fingerprint density at radius 3 is 2.95 bits per heavy atom. The van der Waals surface area contributed by atoms with E-state index in [9.17, 15) is 14.9 Å². The summed E-state index contributed by atoms with van der Waals surface area (Å²) in [6.45, 7) is 0. The van der Waals surface area contributed by atoms with Crippen molar-refractivity contribution in [2.24, 2.45) is 18.1 Å². The maximum atomic E-state index is 11.7. The van der Waals surface area contributed by atoms with Gasteiger partial charge in [-0.15, -0.1) is 5.10 Å². The number of hydrogen-bond donors (Lipinski definition) is 1. The summed E-state index contributed by atoms with van der Waals surface area (Å²) < 4.78 is 2.94. The van der Waals surface area contributed by atoms with Crippen molar-refractivity contribution >= 4 is 27.5 Å². The molecule has 0 spiro atoms. The predicted octanol–water partition coefficient (Wildman–Crippen LogP) is 0.837. The van der Waals surface area contributed by atoms with Gasteiger partial charge in [0, 0.05) is 18.4 Å². The molecule has 0 aliphatic heterocycles. The molecule has 1 saturated carbocycles. The lowest BCUT2D eigenvalue weighted by atomic mass is 10.3. The van der Waals surface area contributed by atoms with Gasteiger partial charge in [-0.3, -0.25) is 14.9 Å². The quantitative estimate of drug-likeness (QED) is 0.671. The van der Waals surface area contributed by atoms with E-state index in [1.165, 1.54) is 11.3 Å². The van der Waals surface area contributed by atoms with E-state index in [0.717, 1.165) is 10.2 Å². The van der Waals surface area contributed by atoms with Crippen LogP contribution in [0.1, 0.15) is 6.42 Å². The summed E-state index contributed by atoms with van der Waals surface area (Å²) >= 11 is 1.45. The summed E-state index contributed by atoms with van der Waals surface area (Å²) in [6.07, 6.45) is 0.299. The van der Waals surface area contributed by atoms with Crippen LogP contribution in [0.25, 0.3) is 10.2 Å². The van der Waals surface area contributed by atoms with Gasteiger partial charge >= 0.3 is 0 Å². The maximum absolute atomic E-state index is 11.7. The number of para-hydroxylation sites is 1. The summed E-state index contributed by atoms with van der Waals surface area (Å²) in [5.41, 5.74) is 3.45. The number of benzene rings is 1. The predicted molar refractivity (Wildman–Crippen MR) is 73.4 cm³/mol. The van der Waals surface area contributed by atoms with E-state index in [1.54, 1.807) is 0 Å². The van der Waals surface area contributed by atoms with Gasteiger partial charge in [-0.05, 0) is 12.1 Å². The first-order chi connectivity index (χ1) is 9.58. The molecule has 1 aromatic carbocycles. The van der Waals surface area contributed by atoms with Crippen LogP contribution in [0, 0.1) is 16.0 Å². The highest BCUT2D eigenvalue weighted by Crippen LogP contribution is 2.32. The van der Waals surface area contributed by atoms with Crippen molar-refractivity contribution in [2.45, 2.75) is 12.5 Å². The monoisotopic (exact) mass is 292 g/mol. The molecule has 1 aliphatic carbocycles. The van der Waals surface area contributed by atoms with Gasteiger partial charge in [0.05, 0.1) is 10.2 Å². The minimum atomic E-state index is -0.749. The zero-order chi connectivity index (χ0) is 14.3. The van der Waals surface area contributed by atoms with Crippen LogP contribution in [0.5, 0.6) is 0 Å². The summed E-state index contributed by atoms with van der Waals surface area (Å²) in [7, 11) is 1.86. The highest BCUT2D eigenvalue weighted by molar-refractivity contribution is 7.16. The molecule has 0 unspecified atom stereocenters. The Labute approximate surface area is 117 Å². The summed E-state index contributed by atoms with van der Waals surface area (Å²) in [6, 6.07) is 7.07. The number of aryl methyl sites for hydroxylation is 1. The first kappa shape index (κ1) is 12.8. The molecule has 1 N–H and O–H groups in total. The van der Waals surface area contributed by atoms with E-state index in [4.69, 9.17) is 0 Å². The molecule has 7 nitrogen and oxygen atoms in total. The number of aromatic nitrogens is 1. The molecule has 104 valence electrons. The number of nitro groups is 1. The number of rotatable bonds is 3. The van der Waals surface area contributed by atoms with Crippen LogP contribution in [0.15, 0.2) is 29.4 Å². The second-order valence-electron chi connectivity index (χ2n) is 4.69. The molecule has 1 fully saturated rings. The van der Waals surface area contributed by atoms with Gasteiger partial charge in [-0.1, -0.05) is 23.5 Å². The minimum Gasteiger partial charge on any atom is -0.318 e. The molecule has 1 amide bonds. The van der Waals surface area contributed by atoms with Crippen molar-refractivity contribution in [3.63, 3.8) is 0 Å². The fraction of sp³-hybridized carbons (Fsp3) is 0.333. The van der Waals surface area contributed by atoms with E-state index in [2.05, 4.69) is 10.5 Å². The smallest absolute Gasteiger partial charge is 0.250 e. The summed E-state index contributed by atoms with van der Waals surface area (Å²) in [5.74, 6) is -0.933. The molecular formula is C12H12N4O3S. The third-order valence-electron chi connectivity index (χ3n) is 3.34. The van der Waals surface area contributed by atoms with E-state index >= 15 is 0 Å². The molecule has 20 heavy (non-hydrogen) atoms. The van der Waals surface area contributed by atoms with E-state index in [-0.39, 0.29) is 5.91 Å². The number of nitrogens with zero attached hydrogens (tertiary/aromatic N) is 3. The number of nitrogens with one attached hydrogen (secondary N) is 1. The van der Waals surface area contributed by atoms with E-state index < -0.39 is 16.9 Å². The van der Waals surface area contributed by atoms with Gasteiger partial charge in [0.1, 0.15) is 5.92 Å². The Bertz CT molecular complexity index is 763. The van der Waals surface area contributed by atoms with Crippen LogP contribution in [0.2, 0.25) is 0 Å². The molecule has 1 aliphatic rings. The lowest BCUT2D eigenvalue weighted by Crippen LogP contribution is -2.26. The van der Waals surface area contributed by atoms with Crippen LogP contribution in [-0.2, 0) is 11.8 Å². The number of thiazole rings is 1. The van der Waals surface area contributed by atoms with Crippen molar-refractivity contribution < 1.29 is 9.72 Å². The molecule has 1 aromatic heterocycles. The molecule has 0 bridgehead atoms. The maximum Gasteiger partial charge on any atom is 0.250 e. The van der Waals surface area contributed by atoms with Crippen molar-refractivity contribution in [3.05, 3.63) is 39.2 Å². The Morgan fingerprint density at radius 1 is 1.55 bits per heavy atom. The van der Waals surface area contributed by atoms with Crippen LogP contribution in [-0.4, -0.2) is 21.4 Å². The molecule has 3 rings (SSSR count). The summed E-state index contributed by atoms with van der Waals surface area (Å²) in [4.78, 5) is 22.5. The summed E-state index contributed by atoms with van der Waals surface area (Å²) in [5, 5.41) is 14.6. The number of fused-ring (bicyclic) bond motifs is 1. The average Bonchev–Trinajstić information content (AvgIpc) is 3.18. The first-order valence-electron chi connectivity index (χ1n) is 6.09. The fourth-order valence-electron chi connectivity index (χ4n) is 2.07. The normalized spacial score (nSPS) is 21.9. The Morgan fingerprint density at radius 2 is 2.30 bits per heavy atom. The fourth-order valence-corrected chi connectivity index (χ4v) is 3.05. The minimum absolute atomic E-state index is 0.299.